The predicted octanol–water partition coefficient (Wildman–Crippen LogP) is 3.71. The lowest BCUT2D eigenvalue weighted by atomic mass is 10.1. The molecule has 0 radical (unpaired) electrons. The van der Waals surface area contributed by atoms with Crippen LogP contribution < -0.4 is 5.32 Å². The van der Waals surface area contributed by atoms with E-state index in [0.717, 1.165) is 29.8 Å². The van der Waals surface area contributed by atoms with Crippen LogP contribution in [0.25, 0.3) is 0 Å². The number of rotatable bonds is 5. The molecule has 110 valence electrons. The molecule has 1 aromatic carbocycles. The SMILES string of the molecule is CCCc1nc(SC)ncc1C(=O)Nc1ccc(C)cc1. The van der Waals surface area contributed by atoms with Crippen LogP contribution in [-0.4, -0.2) is 22.1 Å². The Hall–Kier alpha value is -1.88. The van der Waals surface area contributed by atoms with Crippen molar-refractivity contribution in [3.05, 3.63) is 47.3 Å². The smallest absolute Gasteiger partial charge is 0.259 e. The van der Waals surface area contributed by atoms with Crippen molar-refractivity contribution in [1.82, 2.24) is 9.97 Å². The van der Waals surface area contributed by atoms with Gasteiger partial charge in [-0.25, -0.2) is 9.97 Å². The molecule has 0 atom stereocenters. The Morgan fingerprint density at radius 2 is 2.00 bits per heavy atom. The molecule has 0 saturated carbocycles. The number of anilines is 1. The first-order chi connectivity index (χ1) is 10.1. The number of carbonyl (C=O) groups is 1. The van der Waals surface area contributed by atoms with E-state index in [1.165, 1.54) is 11.8 Å². The van der Waals surface area contributed by atoms with Gasteiger partial charge in [0.15, 0.2) is 5.16 Å². The fourth-order valence-corrected chi connectivity index (χ4v) is 2.31. The first kappa shape index (κ1) is 15.5. The van der Waals surface area contributed by atoms with E-state index in [1.54, 1.807) is 6.20 Å². The molecule has 5 heteroatoms. The average Bonchev–Trinajstić information content (AvgIpc) is 2.49. The van der Waals surface area contributed by atoms with Gasteiger partial charge in [0.05, 0.1) is 11.3 Å². The van der Waals surface area contributed by atoms with E-state index in [9.17, 15) is 4.79 Å². The lowest BCUT2D eigenvalue weighted by Crippen LogP contribution is -2.16. The largest absolute Gasteiger partial charge is 0.322 e. The van der Waals surface area contributed by atoms with Crippen molar-refractivity contribution in [3.63, 3.8) is 0 Å². The van der Waals surface area contributed by atoms with E-state index < -0.39 is 0 Å². The molecule has 0 fully saturated rings. The van der Waals surface area contributed by atoms with Crippen LogP contribution in [0.1, 0.15) is 35.0 Å². The third-order valence-electron chi connectivity index (χ3n) is 3.07. The lowest BCUT2D eigenvalue weighted by Gasteiger charge is -2.10. The second kappa shape index (κ2) is 7.22. The van der Waals surface area contributed by atoms with Gasteiger partial charge < -0.3 is 5.32 Å². The van der Waals surface area contributed by atoms with Crippen LogP contribution in [0.4, 0.5) is 5.69 Å². The Labute approximate surface area is 129 Å². The fourth-order valence-electron chi connectivity index (χ4n) is 1.95. The van der Waals surface area contributed by atoms with E-state index in [0.29, 0.717) is 10.7 Å². The number of nitrogens with one attached hydrogen (secondary N) is 1. The Morgan fingerprint density at radius 1 is 1.29 bits per heavy atom. The first-order valence-corrected chi connectivity index (χ1v) is 8.14. The number of aromatic nitrogens is 2. The molecule has 1 amide bonds. The van der Waals surface area contributed by atoms with Gasteiger partial charge in [-0.1, -0.05) is 42.8 Å². The third-order valence-corrected chi connectivity index (χ3v) is 3.63. The number of nitrogens with zero attached hydrogens (tertiary/aromatic N) is 2. The molecule has 1 aromatic heterocycles. The summed E-state index contributed by atoms with van der Waals surface area (Å²) in [4.78, 5) is 21.1. The molecule has 0 bridgehead atoms. The van der Waals surface area contributed by atoms with E-state index >= 15 is 0 Å². The average molecular weight is 301 g/mol. The number of hydrogen-bond acceptors (Lipinski definition) is 4. The summed E-state index contributed by atoms with van der Waals surface area (Å²) in [6.45, 7) is 4.09. The Bertz CT molecular complexity index is 626. The van der Waals surface area contributed by atoms with E-state index in [1.807, 2.05) is 37.4 Å². The van der Waals surface area contributed by atoms with Crippen LogP contribution in [0.2, 0.25) is 0 Å². The second-order valence-corrected chi connectivity index (χ2v) is 5.56. The standard InChI is InChI=1S/C16H19N3OS/c1-4-5-14-13(10-17-16(19-14)21-3)15(20)18-12-8-6-11(2)7-9-12/h6-10H,4-5H2,1-3H3,(H,18,20). The topological polar surface area (TPSA) is 54.9 Å². The highest BCUT2D eigenvalue weighted by Gasteiger charge is 2.14. The molecular formula is C16H19N3OS. The summed E-state index contributed by atoms with van der Waals surface area (Å²) < 4.78 is 0. The highest BCUT2D eigenvalue weighted by molar-refractivity contribution is 7.98. The molecule has 0 unspecified atom stereocenters. The maximum Gasteiger partial charge on any atom is 0.259 e. The highest BCUT2D eigenvalue weighted by atomic mass is 32.2. The Morgan fingerprint density at radius 3 is 2.62 bits per heavy atom. The minimum absolute atomic E-state index is 0.157. The molecular weight excluding hydrogens is 282 g/mol. The van der Waals surface area contributed by atoms with Crippen LogP contribution in [0.5, 0.6) is 0 Å². The molecule has 21 heavy (non-hydrogen) atoms. The van der Waals surface area contributed by atoms with Gasteiger partial charge in [0, 0.05) is 11.9 Å². The molecule has 0 spiro atoms. The van der Waals surface area contributed by atoms with Gasteiger partial charge in [0.1, 0.15) is 0 Å². The summed E-state index contributed by atoms with van der Waals surface area (Å²) >= 11 is 1.48. The van der Waals surface area contributed by atoms with Crippen LogP contribution in [0.3, 0.4) is 0 Å². The minimum atomic E-state index is -0.157. The maximum absolute atomic E-state index is 12.4. The number of hydrogen-bond donors (Lipinski definition) is 1. The predicted molar refractivity (Wildman–Crippen MR) is 86.9 cm³/mol. The summed E-state index contributed by atoms with van der Waals surface area (Å²) in [5.74, 6) is -0.157. The van der Waals surface area contributed by atoms with Gasteiger partial charge in [-0.05, 0) is 31.7 Å². The minimum Gasteiger partial charge on any atom is -0.322 e. The van der Waals surface area contributed by atoms with Crippen molar-refractivity contribution in [2.75, 3.05) is 11.6 Å². The Kier molecular flexibility index (Phi) is 5.33. The normalized spacial score (nSPS) is 10.4. The van der Waals surface area contributed by atoms with Gasteiger partial charge in [0.25, 0.3) is 5.91 Å². The van der Waals surface area contributed by atoms with Gasteiger partial charge in [-0.3, -0.25) is 4.79 Å². The van der Waals surface area contributed by atoms with E-state index in [4.69, 9.17) is 0 Å². The zero-order valence-electron chi connectivity index (χ0n) is 12.5. The van der Waals surface area contributed by atoms with Gasteiger partial charge >= 0.3 is 0 Å². The zero-order valence-corrected chi connectivity index (χ0v) is 13.3. The number of aryl methyl sites for hydroxylation is 2. The molecule has 1 N–H and O–H groups in total. The van der Waals surface area contributed by atoms with Crippen molar-refractivity contribution in [3.8, 4) is 0 Å². The molecule has 0 aliphatic rings. The summed E-state index contributed by atoms with van der Waals surface area (Å²) in [5, 5.41) is 3.60. The number of amides is 1. The van der Waals surface area contributed by atoms with Crippen molar-refractivity contribution >= 4 is 23.4 Å². The third kappa shape index (κ3) is 4.04. The maximum atomic E-state index is 12.4. The van der Waals surface area contributed by atoms with E-state index in [2.05, 4.69) is 22.2 Å². The molecule has 0 aliphatic heterocycles. The molecule has 4 nitrogen and oxygen atoms in total. The van der Waals surface area contributed by atoms with Crippen molar-refractivity contribution in [2.24, 2.45) is 0 Å². The number of benzene rings is 1. The van der Waals surface area contributed by atoms with Crippen LogP contribution >= 0.6 is 11.8 Å². The Balaban J connectivity index is 2.23. The van der Waals surface area contributed by atoms with Crippen LogP contribution in [-0.2, 0) is 6.42 Å². The van der Waals surface area contributed by atoms with Gasteiger partial charge in [-0.15, -0.1) is 0 Å². The number of thioether (sulfide) groups is 1. The summed E-state index contributed by atoms with van der Waals surface area (Å²) in [5.41, 5.74) is 3.30. The van der Waals surface area contributed by atoms with Crippen LogP contribution in [0.15, 0.2) is 35.6 Å². The van der Waals surface area contributed by atoms with Gasteiger partial charge in [0.2, 0.25) is 0 Å². The van der Waals surface area contributed by atoms with Crippen LogP contribution in [0, 0.1) is 6.92 Å². The monoisotopic (exact) mass is 301 g/mol. The quantitative estimate of drug-likeness (QED) is 0.675. The zero-order chi connectivity index (χ0) is 15.2. The molecule has 0 saturated heterocycles. The van der Waals surface area contributed by atoms with Crippen molar-refractivity contribution in [1.29, 1.82) is 0 Å². The molecule has 2 rings (SSSR count). The fraction of sp³-hybridized carbons (Fsp3) is 0.312. The first-order valence-electron chi connectivity index (χ1n) is 6.92. The lowest BCUT2D eigenvalue weighted by molar-refractivity contribution is 0.102. The molecule has 1 heterocycles. The molecule has 2 aromatic rings. The van der Waals surface area contributed by atoms with Crippen molar-refractivity contribution < 1.29 is 4.79 Å². The van der Waals surface area contributed by atoms with E-state index in [-0.39, 0.29) is 5.91 Å². The summed E-state index contributed by atoms with van der Waals surface area (Å²) in [6.07, 6.45) is 5.26. The summed E-state index contributed by atoms with van der Waals surface area (Å²) in [6, 6.07) is 7.72. The number of carbonyl (C=O) groups excluding carboxylic acids is 1. The molecule has 0 aliphatic carbocycles. The van der Waals surface area contributed by atoms with Gasteiger partial charge in [-0.2, -0.15) is 0 Å². The highest BCUT2D eigenvalue weighted by Crippen LogP contribution is 2.16. The second-order valence-electron chi connectivity index (χ2n) is 4.79. The summed E-state index contributed by atoms with van der Waals surface area (Å²) in [7, 11) is 0. The van der Waals surface area contributed by atoms with Crippen molar-refractivity contribution in [2.45, 2.75) is 31.8 Å².